The van der Waals surface area contributed by atoms with Crippen LogP contribution in [0, 0.1) is 5.92 Å². The molecule has 0 aliphatic carbocycles. The van der Waals surface area contributed by atoms with Crippen LogP contribution in [0.15, 0.2) is 24.2 Å². The van der Waals surface area contributed by atoms with Crippen LogP contribution in [0.4, 0.5) is 5.13 Å². The maximum atomic E-state index is 13.0. The lowest BCUT2D eigenvalue weighted by Gasteiger charge is -2.38. The number of nitrogens with zero attached hydrogens (tertiary/aromatic N) is 6. The van der Waals surface area contributed by atoms with Crippen LogP contribution in [0.25, 0.3) is 0 Å². The highest BCUT2D eigenvalue weighted by Crippen LogP contribution is 2.28. The molecule has 4 heterocycles. The van der Waals surface area contributed by atoms with E-state index in [2.05, 4.69) is 20.0 Å². The minimum Gasteiger partial charge on any atom is -0.347 e. The molecule has 4 rings (SSSR count). The lowest BCUT2D eigenvalue weighted by Crippen LogP contribution is -2.48. The number of carbonyl (C=O) groups excluding carboxylic acids is 1. The van der Waals surface area contributed by atoms with Crippen LogP contribution in [0.2, 0.25) is 0 Å². The van der Waals surface area contributed by atoms with E-state index in [0.29, 0.717) is 5.91 Å². The summed E-state index contributed by atoms with van der Waals surface area (Å²) in [6.07, 6.45) is 9.26. The predicted octanol–water partition coefficient (Wildman–Crippen LogP) is 1.81. The van der Waals surface area contributed by atoms with Gasteiger partial charge in [-0.3, -0.25) is 4.79 Å². The van der Waals surface area contributed by atoms with Crippen molar-refractivity contribution in [2.75, 3.05) is 31.1 Å². The minimum atomic E-state index is 0.0807. The topological polar surface area (TPSA) is 67.2 Å². The first-order valence-electron chi connectivity index (χ1n) is 8.58. The molecule has 0 saturated carbocycles. The molecule has 2 atom stereocenters. The van der Waals surface area contributed by atoms with Gasteiger partial charge in [0.25, 0.3) is 0 Å². The Morgan fingerprint density at radius 2 is 2.12 bits per heavy atom. The van der Waals surface area contributed by atoms with E-state index in [9.17, 15) is 4.79 Å². The lowest BCUT2D eigenvalue weighted by molar-refractivity contribution is -0.137. The molecule has 0 N–H and O–H groups in total. The standard InChI is InChI=1S/C16H22N6OS/c23-15(13-3-1-7-21(9-13)16-18-5-8-24-16)20-6-2-4-14(10-20)22-12-17-11-19-22/h5,8,11-14H,1-4,6-7,9-10H2/t13-,14+/m1/s1. The van der Waals surface area contributed by atoms with Crippen molar-refractivity contribution >= 4 is 22.4 Å². The third-order valence-corrected chi connectivity index (χ3v) is 5.81. The van der Waals surface area contributed by atoms with Gasteiger partial charge in [-0.1, -0.05) is 0 Å². The monoisotopic (exact) mass is 346 g/mol. The average molecular weight is 346 g/mol. The Kier molecular flexibility index (Phi) is 4.46. The third-order valence-electron chi connectivity index (χ3n) is 4.98. The number of hydrogen-bond donors (Lipinski definition) is 0. The van der Waals surface area contributed by atoms with E-state index < -0.39 is 0 Å². The molecule has 7 nitrogen and oxygen atoms in total. The number of piperidine rings is 2. The summed E-state index contributed by atoms with van der Waals surface area (Å²) in [5.41, 5.74) is 0. The first kappa shape index (κ1) is 15.6. The number of hydrogen-bond acceptors (Lipinski definition) is 6. The SMILES string of the molecule is O=C([C@@H]1CCCN(c2nccs2)C1)N1CCC[C@H](n2cncn2)C1. The van der Waals surface area contributed by atoms with Gasteiger partial charge in [-0.05, 0) is 25.7 Å². The molecular weight excluding hydrogens is 324 g/mol. The van der Waals surface area contributed by atoms with Crippen molar-refractivity contribution in [3.63, 3.8) is 0 Å². The number of rotatable bonds is 3. The van der Waals surface area contributed by atoms with Crippen molar-refractivity contribution in [1.82, 2.24) is 24.6 Å². The number of anilines is 1. The fourth-order valence-corrected chi connectivity index (χ4v) is 4.44. The Labute approximate surface area is 145 Å². The molecule has 0 spiro atoms. The summed E-state index contributed by atoms with van der Waals surface area (Å²) in [5, 5.41) is 7.27. The second-order valence-corrected chi connectivity index (χ2v) is 7.43. The van der Waals surface area contributed by atoms with Crippen LogP contribution >= 0.6 is 11.3 Å². The number of amides is 1. The predicted molar refractivity (Wildman–Crippen MR) is 91.9 cm³/mol. The molecular formula is C16H22N6OS. The number of likely N-dealkylation sites (tertiary alicyclic amines) is 1. The second kappa shape index (κ2) is 6.88. The van der Waals surface area contributed by atoms with Crippen LogP contribution in [0.3, 0.4) is 0 Å². The van der Waals surface area contributed by atoms with E-state index in [-0.39, 0.29) is 12.0 Å². The number of aromatic nitrogens is 4. The van der Waals surface area contributed by atoms with Crippen molar-refractivity contribution < 1.29 is 4.79 Å². The highest BCUT2D eigenvalue weighted by atomic mass is 32.1. The van der Waals surface area contributed by atoms with Crippen LogP contribution in [0.1, 0.15) is 31.7 Å². The van der Waals surface area contributed by atoms with Crippen molar-refractivity contribution in [2.45, 2.75) is 31.7 Å². The molecule has 128 valence electrons. The fourth-order valence-electron chi connectivity index (χ4n) is 3.76. The molecule has 24 heavy (non-hydrogen) atoms. The van der Waals surface area contributed by atoms with E-state index >= 15 is 0 Å². The molecule has 2 aliphatic heterocycles. The molecule has 2 saturated heterocycles. The molecule has 0 aromatic carbocycles. The maximum Gasteiger partial charge on any atom is 0.227 e. The first-order valence-corrected chi connectivity index (χ1v) is 9.46. The summed E-state index contributed by atoms with van der Waals surface area (Å²) in [6.45, 7) is 3.39. The molecule has 1 amide bonds. The Bertz CT molecular complexity index is 602. The molecule has 2 fully saturated rings. The van der Waals surface area contributed by atoms with Gasteiger partial charge in [-0.25, -0.2) is 14.6 Å². The summed E-state index contributed by atoms with van der Waals surface area (Å²) in [5.74, 6) is 0.373. The molecule has 0 radical (unpaired) electrons. The second-order valence-electron chi connectivity index (χ2n) is 6.56. The van der Waals surface area contributed by atoms with E-state index in [1.165, 1.54) is 0 Å². The molecule has 2 aromatic rings. The molecule has 8 heteroatoms. The number of carbonyl (C=O) groups is 1. The van der Waals surface area contributed by atoms with Crippen molar-refractivity contribution in [1.29, 1.82) is 0 Å². The smallest absolute Gasteiger partial charge is 0.227 e. The lowest BCUT2D eigenvalue weighted by atomic mass is 9.95. The zero-order chi connectivity index (χ0) is 16.4. The Morgan fingerprint density at radius 3 is 2.92 bits per heavy atom. The molecule has 2 aromatic heterocycles. The van der Waals surface area contributed by atoms with Gasteiger partial charge in [0.1, 0.15) is 12.7 Å². The summed E-state index contributed by atoms with van der Waals surface area (Å²) in [7, 11) is 0. The van der Waals surface area contributed by atoms with Gasteiger partial charge in [-0.2, -0.15) is 5.10 Å². The highest BCUT2D eigenvalue weighted by Gasteiger charge is 2.33. The third kappa shape index (κ3) is 3.15. The van der Waals surface area contributed by atoms with Crippen LogP contribution < -0.4 is 4.90 Å². The maximum absolute atomic E-state index is 13.0. The quantitative estimate of drug-likeness (QED) is 0.848. The van der Waals surface area contributed by atoms with E-state index in [1.807, 2.05) is 21.2 Å². The summed E-state index contributed by atoms with van der Waals surface area (Å²) < 4.78 is 1.89. The fraction of sp³-hybridized carbons (Fsp3) is 0.625. The molecule has 2 aliphatic rings. The zero-order valence-corrected chi connectivity index (χ0v) is 14.4. The van der Waals surface area contributed by atoms with Gasteiger partial charge in [0.05, 0.1) is 12.0 Å². The number of thiazole rings is 1. The molecule has 0 unspecified atom stereocenters. The van der Waals surface area contributed by atoms with Gasteiger partial charge in [-0.15, -0.1) is 11.3 Å². The van der Waals surface area contributed by atoms with Crippen molar-refractivity contribution in [2.24, 2.45) is 5.92 Å². The van der Waals surface area contributed by atoms with Crippen molar-refractivity contribution in [3.05, 3.63) is 24.2 Å². The van der Waals surface area contributed by atoms with Crippen molar-refractivity contribution in [3.8, 4) is 0 Å². The Morgan fingerprint density at radius 1 is 1.21 bits per heavy atom. The first-order chi connectivity index (χ1) is 11.8. The van der Waals surface area contributed by atoms with Crippen LogP contribution in [-0.4, -0.2) is 56.7 Å². The van der Waals surface area contributed by atoms with E-state index in [1.54, 1.807) is 24.0 Å². The Hall–Kier alpha value is -1.96. The van der Waals surface area contributed by atoms with Crippen LogP contribution in [-0.2, 0) is 4.79 Å². The van der Waals surface area contributed by atoms with Gasteiger partial charge in [0.2, 0.25) is 5.91 Å². The highest BCUT2D eigenvalue weighted by molar-refractivity contribution is 7.13. The summed E-state index contributed by atoms with van der Waals surface area (Å²) in [4.78, 5) is 25.7. The van der Waals surface area contributed by atoms with Gasteiger partial charge in [0, 0.05) is 37.8 Å². The van der Waals surface area contributed by atoms with Gasteiger partial charge in [0.15, 0.2) is 5.13 Å². The van der Waals surface area contributed by atoms with Gasteiger partial charge < -0.3 is 9.80 Å². The van der Waals surface area contributed by atoms with E-state index in [0.717, 1.165) is 57.0 Å². The minimum absolute atomic E-state index is 0.0807. The largest absolute Gasteiger partial charge is 0.347 e. The van der Waals surface area contributed by atoms with Crippen LogP contribution in [0.5, 0.6) is 0 Å². The summed E-state index contributed by atoms with van der Waals surface area (Å²) in [6, 6.07) is 0.254. The molecule has 0 bridgehead atoms. The zero-order valence-electron chi connectivity index (χ0n) is 13.6. The normalized spacial score (nSPS) is 25.0. The van der Waals surface area contributed by atoms with Gasteiger partial charge >= 0.3 is 0 Å². The average Bonchev–Trinajstić information content (AvgIpc) is 3.35. The Balaban J connectivity index is 1.41. The van der Waals surface area contributed by atoms with E-state index in [4.69, 9.17) is 0 Å². The summed E-state index contributed by atoms with van der Waals surface area (Å²) >= 11 is 1.65.